The van der Waals surface area contributed by atoms with Crippen LogP contribution in [0.3, 0.4) is 0 Å². The van der Waals surface area contributed by atoms with Gasteiger partial charge in [-0.1, -0.05) is 186 Å². The van der Waals surface area contributed by atoms with Gasteiger partial charge in [-0.2, -0.15) is 0 Å². The van der Waals surface area contributed by atoms with Gasteiger partial charge in [-0.3, -0.25) is 14.9 Å². The van der Waals surface area contributed by atoms with Crippen molar-refractivity contribution in [2.24, 2.45) is 95.4 Å². The van der Waals surface area contributed by atoms with E-state index >= 15 is 0 Å². The Kier molecular flexibility index (Phi) is 49.1. The van der Waals surface area contributed by atoms with Crippen molar-refractivity contribution < 1.29 is 9.22 Å². The number of quaternary nitrogens is 1. The van der Waals surface area contributed by atoms with Gasteiger partial charge in [0.25, 0.3) is 0 Å². The first-order valence-corrected chi connectivity index (χ1v) is 42.4. The van der Waals surface area contributed by atoms with Gasteiger partial charge in [-0.05, 0) is 241 Å². The molecule has 1 aromatic heterocycles. The van der Waals surface area contributed by atoms with Crippen LogP contribution in [-0.2, 0) is 10.2 Å². The van der Waals surface area contributed by atoms with Crippen LogP contribution in [0.2, 0.25) is 0 Å². The summed E-state index contributed by atoms with van der Waals surface area (Å²) in [6.45, 7) is 86.4. The molecule has 2 saturated carbocycles. The van der Waals surface area contributed by atoms with Crippen LogP contribution in [0.15, 0.2) is 29.5 Å². The van der Waals surface area contributed by atoms with Gasteiger partial charge in [-0.15, -0.1) is 0 Å². The Bertz CT molecular complexity index is 2180. The molecule has 7 heterocycles. The summed E-state index contributed by atoms with van der Waals surface area (Å²) in [7, 11) is 4.69. The topological polar surface area (TPSA) is 205 Å². The van der Waals surface area contributed by atoms with Gasteiger partial charge >= 0.3 is 0 Å². The van der Waals surface area contributed by atoms with E-state index < -0.39 is 0 Å². The third kappa shape index (κ3) is 61.7. The van der Waals surface area contributed by atoms with Gasteiger partial charge in [0.15, 0.2) is 5.96 Å². The number of rotatable bonds is 13. The summed E-state index contributed by atoms with van der Waals surface area (Å²) in [5.41, 5.74) is 26.6. The number of piperidine rings is 1. The molecule has 2 aliphatic carbocycles. The van der Waals surface area contributed by atoms with Crippen molar-refractivity contribution in [1.29, 1.82) is 0 Å². The largest absolute Gasteiger partial charge is 0.378 e. The first kappa shape index (κ1) is 102. The third-order valence-electron chi connectivity index (χ3n) is 20.8. The molecule has 1 aromatic rings. The molecule has 104 heavy (non-hydrogen) atoms. The van der Waals surface area contributed by atoms with E-state index in [1.54, 1.807) is 0 Å². The van der Waals surface area contributed by atoms with Crippen LogP contribution < -0.4 is 49.5 Å². The number of likely N-dealkylation sites (tertiary alicyclic amines) is 1. The normalized spacial score (nSPS) is 23.3. The number of aliphatic imine (C=N–C) groups is 1. The van der Waals surface area contributed by atoms with Crippen LogP contribution in [0.1, 0.15) is 309 Å². The zero-order valence-electron chi connectivity index (χ0n) is 75.3. The van der Waals surface area contributed by atoms with E-state index in [0.717, 1.165) is 75.1 Å². The summed E-state index contributed by atoms with van der Waals surface area (Å²) >= 11 is 0. The lowest BCUT2D eigenvalue weighted by molar-refractivity contribution is -0.896. The monoisotopic (exact) mass is 1470 g/mol. The lowest BCUT2D eigenvalue weighted by atomic mass is 9.75. The van der Waals surface area contributed by atoms with Gasteiger partial charge in [0.05, 0.1) is 39.9 Å². The van der Waals surface area contributed by atoms with Crippen LogP contribution >= 0.6 is 0 Å². The van der Waals surface area contributed by atoms with Gasteiger partial charge < -0.3 is 63.6 Å². The SMILES string of the molecule is CC(C)(C)C1CC[N+](C)(C)CC1.CC(C)(C)CCCCC1CNC1.CC(C)(C)CCCN1CCNCC1.CC(C)(C)CCN=C(N)N.CC(C)(C)COC1CC(N)C1.CC(C)(C)C[C@@H]1CCNC1.CC(C)(C)C[C@H]1CCNC1.CC(C)(C)N1CCNCC1.CC(C)(C)c1ccncc1.CC1CC(N)C1. The molecule has 8 fully saturated rings. The average Bonchev–Trinajstić information content (AvgIpc) is 1.07. The summed E-state index contributed by atoms with van der Waals surface area (Å²) in [5, 5.41) is 16.8. The molecule has 6 saturated heterocycles. The number of nitrogens with one attached hydrogen (secondary N) is 5. The molecule has 15 nitrogen and oxygen atoms in total. The fourth-order valence-corrected chi connectivity index (χ4v) is 13.8. The number of nitrogens with two attached hydrogens (primary N) is 4. The Hall–Kier alpha value is -2.02. The molecule has 9 rings (SSSR count). The zero-order chi connectivity index (χ0) is 79.9. The molecule has 8 aliphatic rings. The smallest absolute Gasteiger partial charge is 0.185 e. The second kappa shape index (κ2) is 50.1. The van der Waals surface area contributed by atoms with Gasteiger partial charge in [-0.25, -0.2) is 0 Å². The molecule has 0 bridgehead atoms. The van der Waals surface area contributed by atoms with E-state index in [2.05, 4.69) is 266 Å². The molecule has 618 valence electrons. The van der Waals surface area contributed by atoms with Crippen LogP contribution in [0, 0.1) is 67.5 Å². The minimum absolute atomic E-state index is 0.184. The highest BCUT2D eigenvalue weighted by atomic mass is 16.5. The number of hydrogen-bond acceptors (Lipinski definition) is 12. The zero-order valence-corrected chi connectivity index (χ0v) is 75.3. The van der Waals surface area contributed by atoms with E-state index in [1.165, 1.54) is 198 Å². The highest BCUT2D eigenvalue weighted by Crippen LogP contribution is 2.36. The van der Waals surface area contributed by atoms with E-state index in [9.17, 15) is 0 Å². The minimum atomic E-state index is 0.184. The Morgan fingerprint density at radius 3 is 1.25 bits per heavy atom. The maximum absolute atomic E-state index is 5.63. The molecule has 13 N–H and O–H groups in total. The molecule has 0 spiro atoms. The second-order valence-corrected chi connectivity index (χ2v) is 43.9. The molecule has 0 aromatic carbocycles. The van der Waals surface area contributed by atoms with Crippen LogP contribution in [-0.4, -0.2) is 187 Å². The fourth-order valence-electron chi connectivity index (χ4n) is 13.8. The minimum Gasteiger partial charge on any atom is -0.378 e. The van der Waals surface area contributed by atoms with Crippen LogP contribution in [0.25, 0.3) is 0 Å². The lowest BCUT2D eigenvalue weighted by Crippen LogP contribution is -2.51. The summed E-state index contributed by atoms with van der Waals surface area (Å²) in [6.07, 6.45) is 26.5. The molecule has 0 amide bonds. The van der Waals surface area contributed by atoms with Crippen molar-refractivity contribution >= 4 is 5.96 Å². The number of unbranched alkanes of at least 4 members (excludes halogenated alkanes) is 1. The Morgan fingerprint density at radius 2 is 0.942 bits per heavy atom. The van der Waals surface area contributed by atoms with E-state index in [1.807, 2.05) is 12.4 Å². The number of aromatic nitrogens is 1. The predicted molar refractivity (Wildman–Crippen MR) is 461 cm³/mol. The number of ether oxygens (including phenoxy) is 1. The van der Waals surface area contributed by atoms with Gasteiger partial charge in [0, 0.05) is 102 Å². The highest BCUT2D eigenvalue weighted by molar-refractivity contribution is 5.75. The molecular weight excluding hydrogens is 1280 g/mol. The standard InChI is InChI=1S/C11H24N2.C11H24N.C11H23N.C9H19NO.C9H13N.2C9H19N.C8H18N2.C7H17N3.C5H11N/c1-11(2,3)5-4-8-13-9-6-12-7-10-13;1-11(2,3)10-6-8-12(4,5)9-7-10;1-11(2,3)7-5-4-6-10-8-12-9-10;1-9(2,3)6-11-8-4-7(10)5-8;1-9(2,3)8-4-6-10-7-5-8;2*1-9(2,3)6-8-4-5-10-7-8;1-8(2,3)10-6-4-9-5-7-10;1-7(2,3)4-5-10-6(8)9;1-4-2-5(6)3-4/h12H,4-10H2,1-3H3;10H,6-9H2,1-5H3;10,12H,4-9H2,1-3H3;7-8H,4-6,10H2,1-3H3;4-7H,1-3H3;2*8,10H,4-7H2,1-3H3;9H,4-7H2,1-3H3;4-5H2,1-3H3,(H4,8,9,10);4-5H,2-3,6H2,1H3/q;+1;;;;;;;;/t;;;;;2*8-;;;/m.....10.../s1. The Morgan fingerprint density at radius 1 is 0.510 bits per heavy atom. The second-order valence-electron chi connectivity index (χ2n) is 43.9. The maximum atomic E-state index is 5.63. The third-order valence-corrected chi connectivity index (χ3v) is 20.8. The molecule has 2 atom stereocenters. The van der Waals surface area contributed by atoms with Crippen molar-refractivity contribution in [3.05, 3.63) is 30.1 Å². The number of guanidine groups is 1. The van der Waals surface area contributed by atoms with Crippen molar-refractivity contribution in [1.82, 2.24) is 41.4 Å². The summed E-state index contributed by atoms with van der Waals surface area (Å²) in [4.78, 5) is 12.9. The van der Waals surface area contributed by atoms with Crippen molar-refractivity contribution in [2.45, 2.75) is 332 Å². The summed E-state index contributed by atoms with van der Waals surface area (Å²) in [6, 6.07) is 5.06. The Balaban J connectivity index is 0.00000114. The van der Waals surface area contributed by atoms with Gasteiger partial charge in [0.1, 0.15) is 0 Å². The number of hydrogen-bond donors (Lipinski definition) is 9. The van der Waals surface area contributed by atoms with Crippen molar-refractivity contribution in [3.63, 3.8) is 0 Å². The van der Waals surface area contributed by atoms with Crippen LogP contribution in [0.4, 0.5) is 0 Å². The maximum Gasteiger partial charge on any atom is 0.185 e. The number of nitrogens with zero attached hydrogens (tertiary/aromatic N) is 5. The van der Waals surface area contributed by atoms with Crippen molar-refractivity contribution in [2.75, 3.05) is 139 Å². The first-order valence-electron chi connectivity index (χ1n) is 42.4. The molecule has 6 aliphatic heterocycles. The summed E-state index contributed by atoms with van der Waals surface area (Å²) in [5.74, 6) is 4.94. The number of pyridine rings is 1. The number of piperazine rings is 2. The molecule has 0 unspecified atom stereocenters. The van der Waals surface area contributed by atoms with E-state index in [-0.39, 0.29) is 11.4 Å². The molecular formula is C89H187N14O+. The molecule has 0 radical (unpaired) electrons. The van der Waals surface area contributed by atoms with Gasteiger partial charge in [0.2, 0.25) is 0 Å². The van der Waals surface area contributed by atoms with Crippen LogP contribution in [0.5, 0.6) is 0 Å². The Labute approximate surface area is 649 Å². The fraction of sp³-hybridized carbons (Fsp3) is 0.933. The predicted octanol–water partition coefficient (Wildman–Crippen LogP) is 17.2. The van der Waals surface area contributed by atoms with E-state index in [4.69, 9.17) is 27.7 Å². The summed E-state index contributed by atoms with van der Waals surface area (Å²) < 4.78 is 6.86. The van der Waals surface area contributed by atoms with E-state index in [0.29, 0.717) is 61.6 Å². The quantitative estimate of drug-likeness (QED) is 0.0391. The average molecular weight is 1470 g/mol. The highest BCUT2D eigenvalue weighted by Gasteiger charge is 2.34. The lowest BCUT2D eigenvalue weighted by Gasteiger charge is -2.41. The van der Waals surface area contributed by atoms with Crippen molar-refractivity contribution in [3.8, 4) is 0 Å². The molecule has 15 heteroatoms. The first-order chi connectivity index (χ1) is 47.5.